The maximum Gasteiger partial charge on any atom is 0.414 e. The highest BCUT2D eigenvalue weighted by molar-refractivity contribution is 9.11. The van der Waals surface area contributed by atoms with Crippen LogP contribution < -0.4 is 5.73 Å². The van der Waals surface area contributed by atoms with Gasteiger partial charge in [-0.25, -0.2) is 0 Å². The van der Waals surface area contributed by atoms with E-state index in [0.717, 1.165) is 10.7 Å². The van der Waals surface area contributed by atoms with Crippen LogP contribution in [0.1, 0.15) is 31.2 Å². The molecule has 0 aliphatic rings. The summed E-state index contributed by atoms with van der Waals surface area (Å²) in [6, 6.07) is 3.05. The Morgan fingerprint density at radius 3 is 2.44 bits per heavy atom. The van der Waals surface area contributed by atoms with Crippen LogP contribution in [0.25, 0.3) is 0 Å². The van der Waals surface area contributed by atoms with E-state index < -0.39 is 24.4 Å². The molecule has 0 aromatic carbocycles. The van der Waals surface area contributed by atoms with Crippen molar-refractivity contribution in [3.05, 3.63) is 20.8 Å². The standard InChI is InChI=1S/C11H15BrF3NOS/c1-3-7(16)10(8-4-5-9(12)18-8)17-6(2)11(13,14)15/h4-7,10H,3,16H2,1-2H3. The average molecular weight is 346 g/mol. The molecular weight excluding hydrogens is 331 g/mol. The number of ether oxygens (including phenoxy) is 1. The molecule has 3 unspecified atom stereocenters. The van der Waals surface area contributed by atoms with Gasteiger partial charge in [-0.1, -0.05) is 6.92 Å². The fourth-order valence-corrected chi connectivity index (χ4v) is 2.91. The van der Waals surface area contributed by atoms with E-state index in [-0.39, 0.29) is 0 Å². The summed E-state index contributed by atoms with van der Waals surface area (Å²) in [5, 5.41) is 0. The summed E-state index contributed by atoms with van der Waals surface area (Å²) >= 11 is 4.61. The highest BCUT2D eigenvalue weighted by Gasteiger charge is 2.39. The van der Waals surface area contributed by atoms with Crippen molar-refractivity contribution >= 4 is 27.3 Å². The molecule has 0 aliphatic heterocycles. The molecule has 0 fully saturated rings. The van der Waals surface area contributed by atoms with Crippen molar-refractivity contribution in [2.45, 2.75) is 44.7 Å². The van der Waals surface area contributed by atoms with Crippen LogP contribution in [0, 0.1) is 0 Å². The van der Waals surface area contributed by atoms with Crippen molar-refractivity contribution in [3.63, 3.8) is 0 Å². The molecule has 104 valence electrons. The van der Waals surface area contributed by atoms with E-state index in [1.165, 1.54) is 11.3 Å². The van der Waals surface area contributed by atoms with Gasteiger partial charge in [0.25, 0.3) is 0 Å². The van der Waals surface area contributed by atoms with Crippen LogP contribution in [-0.2, 0) is 4.74 Å². The van der Waals surface area contributed by atoms with Crippen molar-refractivity contribution < 1.29 is 17.9 Å². The lowest BCUT2D eigenvalue weighted by Gasteiger charge is -2.27. The first-order chi connectivity index (χ1) is 8.25. The van der Waals surface area contributed by atoms with Gasteiger partial charge in [0.2, 0.25) is 0 Å². The number of nitrogens with two attached hydrogens (primary N) is 1. The highest BCUT2D eigenvalue weighted by atomic mass is 79.9. The van der Waals surface area contributed by atoms with Crippen LogP contribution in [0.3, 0.4) is 0 Å². The molecule has 2 nitrogen and oxygen atoms in total. The van der Waals surface area contributed by atoms with Gasteiger partial charge in [0.05, 0.1) is 3.79 Å². The predicted molar refractivity (Wildman–Crippen MR) is 69.6 cm³/mol. The molecule has 1 heterocycles. The Kier molecular flexibility index (Phi) is 5.64. The quantitative estimate of drug-likeness (QED) is 0.865. The maximum absolute atomic E-state index is 12.5. The van der Waals surface area contributed by atoms with Gasteiger partial charge in [0.15, 0.2) is 6.10 Å². The molecule has 1 rings (SSSR count). The summed E-state index contributed by atoms with van der Waals surface area (Å²) < 4.78 is 43.5. The first-order valence-corrected chi connectivity index (χ1v) is 7.09. The number of alkyl halides is 3. The van der Waals surface area contributed by atoms with E-state index in [1.807, 2.05) is 6.92 Å². The molecule has 0 saturated carbocycles. The smallest absolute Gasteiger partial charge is 0.359 e. The fourth-order valence-electron chi connectivity index (χ4n) is 1.37. The van der Waals surface area contributed by atoms with Crippen molar-refractivity contribution in [1.29, 1.82) is 0 Å². The zero-order chi connectivity index (χ0) is 13.9. The maximum atomic E-state index is 12.5. The second-order valence-electron chi connectivity index (χ2n) is 3.95. The minimum Gasteiger partial charge on any atom is -0.359 e. The van der Waals surface area contributed by atoms with Crippen LogP contribution in [0.5, 0.6) is 0 Å². The first-order valence-electron chi connectivity index (χ1n) is 5.48. The molecule has 0 saturated heterocycles. The van der Waals surface area contributed by atoms with Crippen LogP contribution in [0.2, 0.25) is 0 Å². The van der Waals surface area contributed by atoms with Crippen LogP contribution in [0.4, 0.5) is 13.2 Å². The second-order valence-corrected chi connectivity index (χ2v) is 6.45. The van der Waals surface area contributed by atoms with Gasteiger partial charge < -0.3 is 10.5 Å². The Balaban J connectivity index is 2.86. The van der Waals surface area contributed by atoms with E-state index in [1.54, 1.807) is 12.1 Å². The lowest BCUT2D eigenvalue weighted by Crippen LogP contribution is -2.36. The van der Waals surface area contributed by atoms with Crippen LogP contribution >= 0.6 is 27.3 Å². The van der Waals surface area contributed by atoms with Crippen molar-refractivity contribution in [2.75, 3.05) is 0 Å². The molecular formula is C11H15BrF3NOS. The molecule has 0 bridgehead atoms. The Bertz CT molecular complexity index is 383. The van der Waals surface area contributed by atoms with E-state index in [9.17, 15) is 13.2 Å². The molecule has 1 aromatic heterocycles. The molecule has 1 aromatic rings. The molecule has 0 spiro atoms. The zero-order valence-electron chi connectivity index (χ0n) is 10.00. The van der Waals surface area contributed by atoms with Gasteiger partial charge in [0, 0.05) is 10.9 Å². The SMILES string of the molecule is CCC(N)C(OC(C)C(F)(F)F)c1ccc(Br)s1. The normalized spacial score (nSPS) is 17.5. The number of rotatable bonds is 5. The minimum absolute atomic E-state index is 0.458. The third-order valence-electron chi connectivity index (χ3n) is 2.55. The molecule has 0 aliphatic carbocycles. The van der Waals surface area contributed by atoms with Crippen molar-refractivity contribution in [2.24, 2.45) is 5.73 Å². The summed E-state index contributed by atoms with van der Waals surface area (Å²) in [7, 11) is 0. The number of hydrogen-bond donors (Lipinski definition) is 1. The monoisotopic (exact) mass is 345 g/mol. The largest absolute Gasteiger partial charge is 0.414 e. The van der Waals surface area contributed by atoms with E-state index >= 15 is 0 Å². The summed E-state index contributed by atoms with van der Waals surface area (Å²) in [6.45, 7) is 2.82. The molecule has 0 radical (unpaired) electrons. The molecule has 7 heteroatoms. The zero-order valence-corrected chi connectivity index (χ0v) is 12.4. The Labute approximate surface area is 116 Å². The average Bonchev–Trinajstić information content (AvgIpc) is 2.69. The van der Waals surface area contributed by atoms with Crippen LogP contribution in [0.15, 0.2) is 15.9 Å². The van der Waals surface area contributed by atoms with Crippen molar-refractivity contribution in [1.82, 2.24) is 0 Å². The van der Waals surface area contributed by atoms with Gasteiger partial charge in [-0.2, -0.15) is 13.2 Å². The Morgan fingerprint density at radius 2 is 2.06 bits per heavy atom. The van der Waals surface area contributed by atoms with Gasteiger partial charge in [-0.15, -0.1) is 11.3 Å². The highest BCUT2D eigenvalue weighted by Crippen LogP contribution is 2.35. The molecule has 2 N–H and O–H groups in total. The number of thiophene rings is 1. The Hall–Kier alpha value is -0.110. The van der Waals surface area contributed by atoms with Gasteiger partial charge in [-0.3, -0.25) is 0 Å². The summed E-state index contributed by atoms with van der Waals surface area (Å²) in [6.07, 6.45) is -6.39. The van der Waals surface area contributed by atoms with Gasteiger partial charge in [0.1, 0.15) is 6.10 Å². The molecule has 0 amide bonds. The summed E-state index contributed by atoms with van der Waals surface area (Å²) in [4.78, 5) is 0.701. The van der Waals surface area contributed by atoms with Crippen molar-refractivity contribution in [3.8, 4) is 0 Å². The lowest BCUT2D eigenvalue weighted by molar-refractivity contribution is -0.229. The van der Waals surface area contributed by atoms with E-state index in [4.69, 9.17) is 10.5 Å². The topological polar surface area (TPSA) is 35.2 Å². The fraction of sp³-hybridized carbons (Fsp3) is 0.636. The molecule has 3 atom stereocenters. The molecule has 18 heavy (non-hydrogen) atoms. The third kappa shape index (κ3) is 4.22. The Morgan fingerprint density at radius 1 is 1.44 bits per heavy atom. The number of halogens is 4. The first kappa shape index (κ1) is 15.9. The van der Waals surface area contributed by atoms with Crippen LogP contribution in [-0.4, -0.2) is 18.3 Å². The lowest BCUT2D eigenvalue weighted by atomic mass is 10.1. The van der Waals surface area contributed by atoms with Gasteiger partial charge in [-0.05, 0) is 41.4 Å². The minimum atomic E-state index is -4.37. The predicted octanol–water partition coefficient (Wildman–Crippen LogP) is 4.26. The summed E-state index contributed by atoms with van der Waals surface area (Å²) in [5.74, 6) is 0. The second kappa shape index (κ2) is 6.36. The van der Waals surface area contributed by atoms with Gasteiger partial charge >= 0.3 is 6.18 Å². The number of hydrogen-bond acceptors (Lipinski definition) is 3. The summed E-state index contributed by atoms with van der Waals surface area (Å²) in [5.41, 5.74) is 5.85. The third-order valence-corrected chi connectivity index (χ3v) is 4.23. The van der Waals surface area contributed by atoms with E-state index in [0.29, 0.717) is 11.3 Å². The van der Waals surface area contributed by atoms with E-state index in [2.05, 4.69) is 15.9 Å².